The summed E-state index contributed by atoms with van der Waals surface area (Å²) in [5.41, 5.74) is 0.553. The quantitative estimate of drug-likeness (QED) is 0.813. The van der Waals surface area contributed by atoms with Crippen LogP contribution in [-0.4, -0.2) is 26.2 Å². The predicted octanol–water partition coefficient (Wildman–Crippen LogP) is 3.57. The molecular weight excluding hydrogens is 232 g/mol. The average molecular weight is 266 g/mol. The lowest BCUT2D eigenvalue weighted by molar-refractivity contribution is 0.0480. The number of nitrogens with one attached hydrogen (secondary N) is 2. The van der Waals surface area contributed by atoms with E-state index in [4.69, 9.17) is 0 Å². The third-order valence-corrected chi connectivity index (χ3v) is 6.38. The molecule has 0 spiro atoms. The Hall–Kier alpha value is -0.0800. The van der Waals surface area contributed by atoms with Crippen molar-refractivity contribution >= 4 is 0 Å². The van der Waals surface area contributed by atoms with Crippen molar-refractivity contribution in [3.05, 3.63) is 0 Å². The molecule has 2 aliphatic rings. The summed E-state index contributed by atoms with van der Waals surface area (Å²) in [4.78, 5) is 0. The largest absolute Gasteiger partial charge is 0.317 e. The Morgan fingerprint density at radius 3 is 1.21 bits per heavy atom. The van der Waals surface area contributed by atoms with Crippen LogP contribution in [-0.2, 0) is 0 Å². The molecule has 0 saturated heterocycles. The first kappa shape index (κ1) is 15.3. The van der Waals surface area contributed by atoms with Crippen molar-refractivity contribution in [1.82, 2.24) is 10.6 Å². The lowest BCUT2D eigenvalue weighted by atomic mass is 9.60. The first-order valence-corrected chi connectivity index (χ1v) is 8.42. The topological polar surface area (TPSA) is 24.1 Å². The normalized spacial score (nSPS) is 37.3. The highest BCUT2D eigenvalue weighted by atomic mass is 14.9. The van der Waals surface area contributed by atoms with Crippen molar-refractivity contribution in [2.24, 2.45) is 17.3 Å². The Kier molecular flexibility index (Phi) is 5.30. The smallest absolute Gasteiger partial charge is 0.00642 e. The van der Waals surface area contributed by atoms with E-state index in [-0.39, 0.29) is 0 Å². The fourth-order valence-corrected chi connectivity index (χ4v) is 4.59. The highest BCUT2D eigenvalue weighted by molar-refractivity contribution is 4.92. The van der Waals surface area contributed by atoms with Crippen LogP contribution in [0.4, 0.5) is 0 Å². The molecule has 0 aromatic rings. The fourth-order valence-electron chi connectivity index (χ4n) is 4.59. The van der Waals surface area contributed by atoms with Gasteiger partial charge in [-0.05, 0) is 82.7 Å². The van der Waals surface area contributed by atoms with Crippen molar-refractivity contribution < 1.29 is 0 Å². The molecule has 2 saturated carbocycles. The molecule has 0 unspecified atom stereocenters. The Morgan fingerprint density at radius 1 is 0.632 bits per heavy atom. The maximum absolute atomic E-state index is 3.46. The third kappa shape index (κ3) is 3.52. The minimum absolute atomic E-state index is 0.553. The molecule has 0 amide bonds. The van der Waals surface area contributed by atoms with E-state index in [9.17, 15) is 0 Å². The summed E-state index contributed by atoms with van der Waals surface area (Å²) < 4.78 is 0. The second-order valence-corrected chi connectivity index (χ2v) is 7.50. The first-order chi connectivity index (χ1) is 9.07. The van der Waals surface area contributed by atoms with E-state index >= 15 is 0 Å². The molecule has 2 nitrogen and oxygen atoms in total. The zero-order valence-electron chi connectivity index (χ0n) is 13.5. The SMILES string of the molecule is CNC1CCC(C(C)(C)C2CCC(NC)CC2)CC1. The molecule has 0 aromatic carbocycles. The van der Waals surface area contributed by atoms with Crippen molar-refractivity contribution in [3.63, 3.8) is 0 Å². The molecular formula is C17H34N2. The number of hydrogen-bond acceptors (Lipinski definition) is 2. The van der Waals surface area contributed by atoms with Gasteiger partial charge in [0.15, 0.2) is 0 Å². The molecule has 19 heavy (non-hydrogen) atoms. The first-order valence-electron chi connectivity index (χ1n) is 8.42. The van der Waals surface area contributed by atoms with Gasteiger partial charge in [-0.2, -0.15) is 0 Å². The molecule has 0 aliphatic heterocycles. The molecule has 2 fully saturated rings. The van der Waals surface area contributed by atoms with E-state index in [2.05, 4.69) is 38.6 Å². The van der Waals surface area contributed by atoms with Crippen molar-refractivity contribution in [1.29, 1.82) is 0 Å². The maximum Gasteiger partial charge on any atom is 0.00642 e. The summed E-state index contributed by atoms with van der Waals surface area (Å²) in [6.45, 7) is 5.11. The summed E-state index contributed by atoms with van der Waals surface area (Å²) in [7, 11) is 4.24. The van der Waals surface area contributed by atoms with Gasteiger partial charge < -0.3 is 10.6 Å². The fraction of sp³-hybridized carbons (Fsp3) is 1.00. The summed E-state index contributed by atoms with van der Waals surface area (Å²) >= 11 is 0. The second-order valence-electron chi connectivity index (χ2n) is 7.50. The van der Waals surface area contributed by atoms with Crippen LogP contribution >= 0.6 is 0 Å². The number of hydrogen-bond donors (Lipinski definition) is 2. The lowest BCUT2D eigenvalue weighted by Gasteiger charge is -2.46. The monoisotopic (exact) mass is 266 g/mol. The summed E-state index contributed by atoms with van der Waals surface area (Å²) in [6.07, 6.45) is 11.3. The van der Waals surface area contributed by atoms with E-state index in [1.54, 1.807) is 0 Å². The van der Waals surface area contributed by atoms with E-state index < -0.39 is 0 Å². The molecule has 2 aliphatic carbocycles. The van der Waals surface area contributed by atoms with E-state index in [0.29, 0.717) is 5.41 Å². The molecule has 0 aromatic heterocycles. The molecule has 2 N–H and O–H groups in total. The molecule has 2 heteroatoms. The highest BCUT2D eigenvalue weighted by Gasteiger charge is 2.40. The van der Waals surface area contributed by atoms with E-state index in [1.807, 2.05) is 0 Å². The average Bonchev–Trinajstić information content (AvgIpc) is 2.47. The zero-order chi connectivity index (χ0) is 13.9. The highest BCUT2D eigenvalue weighted by Crippen LogP contribution is 2.48. The van der Waals surface area contributed by atoms with Gasteiger partial charge in [-0.15, -0.1) is 0 Å². The summed E-state index contributed by atoms with van der Waals surface area (Å²) in [6, 6.07) is 1.57. The van der Waals surface area contributed by atoms with Crippen LogP contribution in [0.25, 0.3) is 0 Å². The van der Waals surface area contributed by atoms with Gasteiger partial charge in [-0.25, -0.2) is 0 Å². The summed E-state index contributed by atoms with van der Waals surface area (Å²) in [5, 5.41) is 6.92. The van der Waals surface area contributed by atoms with Gasteiger partial charge in [0.2, 0.25) is 0 Å². The van der Waals surface area contributed by atoms with E-state index in [1.165, 1.54) is 51.4 Å². The van der Waals surface area contributed by atoms with Crippen LogP contribution in [0.2, 0.25) is 0 Å². The predicted molar refractivity (Wildman–Crippen MR) is 83.4 cm³/mol. The van der Waals surface area contributed by atoms with Crippen LogP contribution in [0.5, 0.6) is 0 Å². The van der Waals surface area contributed by atoms with Gasteiger partial charge in [-0.1, -0.05) is 13.8 Å². The Bertz CT molecular complexity index is 232. The Balaban J connectivity index is 1.88. The van der Waals surface area contributed by atoms with Crippen LogP contribution in [0.3, 0.4) is 0 Å². The Morgan fingerprint density at radius 2 is 0.947 bits per heavy atom. The van der Waals surface area contributed by atoms with Gasteiger partial charge in [0.25, 0.3) is 0 Å². The van der Waals surface area contributed by atoms with E-state index in [0.717, 1.165) is 23.9 Å². The maximum atomic E-state index is 3.46. The van der Waals surface area contributed by atoms with Crippen molar-refractivity contribution in [3.8, 4) is 0 Å². The molecule has 0 heterocycles. The van der Waals surface area contributed by atoms with Crippen molar-refractivity contribution in [2.45, 2.75) is 77.3 Å². The summed E-state index contributed by atoms with van der Waals surface area (Å²) in [5.74, 6) is 1.90. The van der Waals surface area contributed by atoms with Crippen LogP contribution in [0.1, 0.15) is 65.2 Å². The number of rotatable bonds is 4. The van der Waals surface area contributed by atoms with Gasteiger partial charge in [-0.3, -0.25) is 0 Å². The van der Waals surface area contributed by atoms with Crippen LogP contribution in [0.15, 0.2) is 0 Å². The lowest BCUT2D eigenvalue weighted by Crippen LogP contribution is -2.41. The minimum Gasteiger partial charge on any atom is -0.317 e. The minimum atomic E-state index is 0.553. The standard InChI is InChI=1S/C17H34N2/c1-17(2,13-5-9-15(18-3)10-6-13)14-7-11-16(19-4)12-8-14/h13-16,18-19H,5-12H2,1-4H3. The molecule has 112 valence electrons. The van der Waals surface area contributed by atoms with Crippen LogP contribution in [0, 0.1) is 17.3 Å². The molecule has 2 rings (SSSR count). The van der Waals surface area contributed by atoms with Crippen LogP contribution < -0.4 is 10.6 Å². The van der Waals surface area contributed by atoms with Gasteiger partial charge in [0, 0.05) is 12.1 Å². The third-order valence-electron chi connectivity index (χ3n) is 6.38. The zero-order valence-corrected chi connectivity index (χ0v) is 13.5. The van der Waals surface area contributed by atoms with Crippen molar-refractivity contribution in [2.75, 3.05) is 14.1 Å². The molecule has 0 atom stereocenters. The second kappa shape index (κ2) is 6.58. The van der Waals surface area contributed by atoms with Gasteiger partial charge in [0.1, 0.15) is 0 Å². The Labute approximate surface area is 120 Å². The van der Waals surface area contributed by atoms with Gasteiger partial charge >= 0.3 is 0 Å². The molecule has 0 bridgehead atoms. The van der Waals surface area contributed by atoms with Gasteiger partial charge in [0.05, 0.1) is 0 Å². The molecule has 0 radical (unpaired) electrons.